The van der Waals surface area contributed by atoms with Crippen molar-refractivity contribution in [3.63, 3.8) is 0 Å². The van der Waals surface area contributed by atoms with Crippen LogP contribution in [0, 0.1) is 5.82 Å². The first-order chi connectivity index (χ1) is 9.00. The highest BCUT2D eigenvalue weighted by atomic mass is 32.2. The molecule has 0 unspecified atom stereocenters. The fourth-order valence-corrected chi connectivity index (χ4v) is 5.67. The van der Waals surface area contributed by atoms with Crippen LogP contribution in [0.4, 0.5) is 4.39 Å². The quantitative estimate of drug-likeness (QED) is 0.841. The lowest BCUT2D eigenvalue weighted by Crippen LogP contribution is -2.39. The van der Waals surface area contributed by atoms with Crippen LogP contribution >= 0.6 is 0 Å². The lowest BCUT2D eigenvalue weighted by atomic mass is 9.78. The first-order valence-electron chi connectivity index (χ1n) is 6.42. The summed E-state index contributed by atoms with van der Waals surface area (Å²) in [7, 11) is -3.21. The SMILES string of the molecule is O=S1(=O)NC[C@@]23C[C@H](c4ccc(F)cc4)[C@@H](C[C@@H]21)O3. The highest BCUT2D eigenvalue weighted by Gasteiger charge is 2.65. The second kappa shape index (κ2) is 3.56. The van der Waals surface area contributed by atoms with Crippen LogP contribution < -0.4 is 4.72 Å². The number of nitrogens with one attached hydrogen (secondary N) is 1. The number of fused-ring (bicyclic) bond motifs is 1. The molecule has 0 aromatic heterocycles. The van der Waals surface area contributed by atoms with Gasteiger partial charge in [-0.2, -0.15) is 0 Å². The van der Waals surface area contributed by atoms with Crippen molar-refractivity contribution in [2.24, 2.45) is 0 Å². The Bertz CT molecular complexity index is 630. The van der Waals surface area contributed by atoms with Gasteiger partial charge in [-0.25, -0.2) is 17.5 Å². The van der Waals surface area contributed by atoms with E-state index in [1.54, 1.807) is 12.1 Å². The van der Waals surface area contributed by atoms with Crippen LogP contribution in [0.25, 0.3) is 0 Å². The van der Waals surface area contributed by atoms with Gasteiger partial charge in [0.25, 0.3) is 0 Å². The molecule has 1 N–H and O–H groups in total. The Hall–Kier alpha value is -0.980. The molecule has 102 valence electrons. The summed E-state index contributed by atoms with van der Waals surface area (Å²) >= 11 is 0. The highest BCUT2D eigenvalue weighted by molar-refractivity contribution is 7.90. The summed E-state index contributed by atoms with van der Waals surface area (Å²) < 4.78 is 45.3. The standard InChI is InChI=1S/C13H14FNO3S/c14-9-3-1-8(2-4-9)10-6-13-7-15-19(16,17)12(13)5-11(10)18-13/h1-4,10-12,15H,5-7H2/t10-,11-,12+,13+/m1/s1. The molecule has 6 heteroatoms. The van der Waals surface area contributed by atoms with Gasteiger partial charge in [-0.3, -0.25) is 0 Å². The van der Waals surface area contributed by atoms with E-state index in [2.05, 4.69) is 4.72 Å². The molecule has 19 heavy (non-hydrogen) atoms. The fraction of sp³-hybridized carbons (Fsp3) is 0.538. The van der Waals surface area contributed by atoms with Gasteiger partial charge in [-0.05, 0) is 30.5 Å². The molecule has 1 spiro atoms. The maximum Gasteiger partial charge on any atom is 0.217 e. The first-order valence-corrected chi connectivity index (χ1v) is 7.97. The summed E-state index contributed by atoms with van der Waals surface area (Å²) in [6.45, 7) is 0.369. The third kappa shape index (κ3) is 1.53. The number of sulfonamides is 1. The molecule has 4 nitrogen and oxygen atoms in total. The second-order valence-electron chi connectivity index (χ2n) is 5.67. The largest absolute Gasteiger partial charge is 0.368 e. The first kappa shape index (κ1) is 11.8. The number of benzene rings is 1. The van der Waals surface area contributed by atoms with Crippen LogP contribution in [-0.2, 0) is 14.8 Å². The molecule has 4 rings (SSSR count). The van der Waals surface area contributed by atoms with E-state index in [1.807, 2.05) is 0 Å². The molecule has 3 fully saturated rings. The average Bonchev–Trinajstić information content (AvgIpc) is 3.00. The van der Waals surface area contributed by atoms with E-state index in [1.165, 1.54) is 12.1 Å². The molecular weight excluding hydrogens is 269 g/mol. The number of rotatable bonds is 1. The zero-order valence-electron chi connectivity index (χ0n) is 10.2. The summed E-state index contributed by atoms with van der Waals surface area (Å²) in [5, 5.41) is -0.415. The van der Waals surface area contributed by atoms with Gasteiger partial charge in [0.15, 0.2) is 0 Å². The van der Waals surface area contributed by atoms with Gasteiger partial charge >= 0.3 is 0 Å². The topological polar surface area (TPSA) is 55.4 Å². The van der Waals surface area contributed by atoms with Crippen molar-refractivity contribution in [3.05, 3.63) is 35.6 Å². The van der Waals surface area contributed by atoms with Crippen molar-refractivity contribution in [3.8, 4) is 0 Å². The van der Waals surface area contributed by atoms with Crippen molar-refractivity contribution < 1.29 is 17.5 Å². The number of hydrogen-bond donors (Lipinski definition) is 1. The Kier molecular flexibility index (Phi) is 2.21. The third-order valence-corrected chi connectivity index (χ3v) is 6.60. The molecule has 2 bridgehead atoms. The molecule has 0 saturated carbocycles. The van der Waals surface area contributed by atoms with Crippen LogP contribution in [0.1, 0.15) is 24.3 Å². The van der Waals surface area contributed by atoms with Crippen LogP contribution in [0.15, 0.2) is 24.3 Å². The van der Waals surface area contributed by atoms with Gasteiger partial charge in [0.1, 0.15) is 16.7 Å². The van der Waals surface area contributed by atoms with Crippen LogP contribution in [-0.4, -0.2) is 31.9 Å². The normalized spacial score (nSPS) is 42.5. The number of halogens is 1. The second-order valence-corrected chi connectivity index (χ2v) is 7.62. The van der Waals surface area contributed by atoms with Crippen molar-refractivity contribution in [1.29, 1.82) is 0 Å². The van der Waals surface area contributed by atoms with E-state index in [0.717, 1.165) is 5.56 Å². The maximum absolute atomic E-state index is 13.0. The molecular formula is C13H14FNO3S. The molecule has 0 aliphatic carbocycles. The van der Waals surface area contributed by atoms with Crippen molar-refractivity contribution >= 4 is 10.0 Å². The minimum absolute atomic E-state index is 0.0627. The molecule has 3 aliphatic heterocycles. The molecule has 1 aromatic rings. The zero-order chi connectivity index (χ0) is 13.3. The minimum Gasteiger partial charge on any atom is -0.368 e. The average molecular weight is 283 g/mol. The monoisotopic (exact) mass is 283 g/mol. The molecule has 4 atom stereocenters. The molecule has 3 heterocycles. The Labute approximate surface area is 111 Å². The van der Waals surface area contributed by atoms with E-state index in [9.17, 15) is 12.8 Å². The Morgan fingerprint density at radius 2 is 2.05 bits per heavy atom. The Morgan fingerprint density at radius 1 is 1.32 bits per heavy atom. The van der Waals surface area contributed by atoms with Gasteiger partial charge in [-0.15, -0.1) is 0 Å². The van der Waals surface area contributed by atoms with Gasteiger partial charge in [0, 0.05) is 12.5 Å². The molecule has 0 amide bonds. The summed E-state index contributed by atoms with van der Waals surface area (Å²) in [5.74, 6) is -0.0825. The zero-order valence-corrected chi connectivity index (χ0v) is 11.0. The van der Waals surface area contributed by atoms with Gasteiger partial charge in [0.2, 0.25) is 10.0 Å². The van der Waals surface area contributed by atoms with E-state index in [0.29, 0.717) is 19.4 Å². The van der Waals surface area contributed by atoms with Crippen LogP contribution in [0.2, 0.25) is 0 Å². The predicted octanol–water partition coefficient (Wildman–Crippen LogP) is 1.14. The lowest BCUT2D eigenvalue weighted by Gasteiger charge is -2.26. The van der Waals surface area contributed by atoms with E-state index < -0.39 is 20.9 Å². The van der Waals surface area contributed by atoms with Gasteiger partial charge < -0.3 is 4.74 Å². The van der Waals surface area contributed by atoms with Gasteiger partial charge in [-0.1, -0.05) is 12.1 Å². The lowest BCUT2D eigenvalue weighted by molar-refractivity contribution is 0.0233. The van der Waals surface area contributed by atoms with Crippen molar-refractivity contribution in [2.45, 2.75) is 35.7 Å². The van der Waals surface area contributed by atoms with Gasteiger partial charge in [0.05, 0.1) is 6.10 Å². The molecule has 3 aliphatic rings. The Morgan fingerprint density at radius 3 is 2.79 bits per heavy atom. The summed E-state index contributed by atoms with van der Waals surface area (Å²) in [6.07, 6.45) is 1.17. The molecule has 1 aromatic carbocycles. The maximum atomic E-state index is 13.0. The van der Waals surface area contributed by atoms with E-state index in [-0.39, 0.29) is 17.8 Å². The van der Waals surface area contributed by atoms with Crippen molar-refractivity contribution in [1.82, 2.24) is 4.72 Å². The molecule has 3 saturated heterocycles. The summed E-state index contributed by atoms with van der Waals surface area (Å²) in [6, 6.07) is 6.43. The van der Waals surface area contributed by atoms with Crippen LogP contribution in [0.3, 0.4) is 0 Å². The molecule has 0 radical (unpaired) electrons. The summed E-state index contributed by atoms with van der Waals surface area (Å²) in [4.78, 5) is 0. The summed E-state index contributed by atoms with van der Waals surface area (Å²) in [5.41, 5.74) is 0.466. The minimum atomic E-state index is -3.21. The fourth-order valence-electron chi connectivity index (χ4n) is 3.78. The predicted molar refractivity (Wildman–Crippen MR) is 66.7 cm³/mol. The van der Waals surface area contributed by atoms with E-state index in [4.69, 9.17) is 4.74 Å². The number of hydrogen-bond acceptors (Lipinski definition) is 3. The Balaban J connectivity index is 1.67. The van der Waals surface area contributed by atoms with Crippen LogP contribution in [0.5, 0.6) is 0 Å². The smallest absolute Gasteiger partial charge is 0.217 e. The van der Waals surface area contributed by atoms with E-state index >= 15 is 0 Å². The highest BCUT2D eigenvalue weighted by Crippen LogP contribution is 2.55. The van der Waals surface area contributed by atoms with Crippen molar-refractivity contribution in [2.75, 3.05) is 6.54 Å². The third-order valence-electron chi connectivity index (χ3n) is 4.68. The number of ether oxygens (including phenoxy) is 1.